The number of carbonyl (C=O) groups is 2. The van der Waals surface area contributed by atoms with Gasteiger partial charge in [-0.15, -0.1) is 0 Å². The third-order valence-corrected chi connectivity index (χ3v) is 3.49. The monoisotopic (exact) mass is 331 g/mol. The van der Waals surface area contributed by atoms with Gasteiger partial charge in [0.05, 0.1) is 0 Å². The summed E-state index contributed by atoms with van der Waals surface area (Å²) in [4.78, 5) is 30.7. The van der Waals surface area contributed by atoms with Gasteiger partial charge in [-0.05, 0) is 18.1 Å². The summed E-state index contributed by atoms with van der Waals surface area (Å²) in [5.41, 5.74) is 5.19. The minimum Gasteiger partial charge on any atom is -0.479 e. The zero-order valence-corrected chi connectivity index (χ0v) is 13.0. The number of benzene rings is 1. The highest BCUT2D eigenvalue weighted by Gasteiger charge is 2.48. The summed E-state index contributed by atoms with van der Waals surface area (Å²) >= 11 is 0. The van der Waals surface area contributed by atoms with Crippen LogP contribution < -0.4 is 5.73 Å². The number of nitrogens with zero attached hydrogens (tertiary/aromatic N) is 2. The molecule has 0 saturated carbocycles. The van der Waals surface area contributed by atoms with Crippen molar-refractivity contribution in [3.8, 4) is 11.1 Å². The number of ether oxygens (including phenoxy) is 1. The summed E-state index contributed by atoms with van der Waals surface area (Å²) in [7, 11) is 0. The van der Waals surface area contributed by atoms with Crippen LogP contribution in [0.1, 0.15) is 12.5 Å². The number of nitrogen functional groups attached to an aromatic ring is 1. The Labute approximate surface area is 137 Å². The summed E-state index contributed by atoms with van der Waals surface area (Å²) in [6.07, 6.45) is 2.84. The van der Waals surface area contributed by atoms with Gasteiger partial charge < -0.3 is 20.7 Å². The lowest BCUT2D eigenvalue weighted by Gasteiger charge is -2.24. The van der Waals surface area contributed by atoms with E-state index in [1.165, 1.54) is 0 Å². The van der Waals surface area contributed by atoms with Crippen molar-refractivity contribution in [3.63, 3.8) is 0 Å². The third kappa shape index (κ3) is 3.49. The second kappa shape index (κ2) is 7.05. The fourth-order valence-electron chi connectivity index (χ4n) is 2.25. The van der Waals surface area contributed by atoms with Crippen LogP contribution in [0, 0.1) is 0 Å². The lowest BCUT2D eigenvalue weighted by atomic mass is 9.93. The van der Waals surface area contributed by atoms with Gasteiger partial charge in [0.1, 0.15) is 0 Å². The van der Waals surface area contributed by atoms with Crippen molar-refractivity contribution in [2.75, 3.05) is 12.3 Å². The van der Waals surface area contributed by atoms with Crippen LogP contribution in [-0.2, 0) is 20.7 Å². The molecule has 1 heterocycles. The molecule has 0 unspecified atom stereocenters. The lowest BCUT2D eigenvalue weighted by Crippen LogP contribution is -2.51. The number of hydrogen-bond donors (Lipinski definition) is 3. The number of rotatable bonds is 7. The maximum atomic E-state index is 11.4. The number of hydrogen-bond acceptors (Lipinski definition) is 6. The molecular formula is C16H17N3O5. The summed E-state index contributed by atoms with van der Waals surface area (Å²) < 4.78 is 5.05. The molecule has 0 aliphatic rings. The number of nitrogens with two attached hydrogens (primary N) is 1. The minimum absolute atomic E-state index is 0.0283. The van der Waals surface area contributed by atoms with Gasteiger partial charge >= 0.3 is 11.9 Å². The van der Waals surface area contributed by atoms with Crippen LogP contribution in [0.3, 0.4) is 0 Å². The minimum atomic E-state index is -2.30. The van der Waals surface area contributed by atoms with Gasteiger partial charge in [0.25, 0.3) is 5.60 Å². The molecular weight excluding hydrogens is 314 g/mol. The van der Waals surface area contributed by atoms with E-state index in [2.05, 4.69) is 9.97 Å². The smallest absolute Gasteiger partial charge is 0.348 e. The molecule has 0 amide bonds. The molecule has 1 aromatic heterocycles. The predicted molar refractivity (Wildman–Crippen MR) is 85.2 cm³/mol. The van der Waals surface area contributed by atoms with Crippen LogP contribution in [0.15, 0.2) is 36.7 Å². The fraction of sp³-hybridized carbons (Fsp3) is 0.250. The largest absolute Gasteiger partial charge is 0.479 e. The van der Waals surface area contributed by atoms with E-state index >= 15 is 0 Å². The fourth-order valence-corrected chi connectivity index (χ4v) is 2.25. The van der Waals surface area contributed by atoms with Crippen molar-refractivity contribution >= 4 is 17.9 Å². The first-order valence-electron chi connectivity index (χ1n) is 7.16. The second-order valence-electron chi connectivity index (χ2n) is 5.07. The molecule has 0 saturated heterocycles. The van der Waals surface area contributed by atoms with E-state index in [1.807, 2.05) is 0 Å². The zero-order valence-electron chi connectivity index (χ0n) is 13.0. The maximum Gasteiger partial charge on any atom is 0.348 e. The molecule has 126 valence electrons. The molecule has 1 aromatic carbocycles. The normalized spacial score (nSPS) is 11.2. The molecule has 0 fully saturated rings. The Kier molecular flexibility index (Phi) is 5.10. The van der Waals surface area contributed by atoms with Crippen molar-refractivity contribution in [2.24, 2.45) is 0 Å². The molecule has 8 nitrogen and oxygen atoms in total. The van der Waals surface area contributed by atoms with Crippen molar-refractivity contribution in [1.82, 2.24) is 9.97 Å². The standard InChI is InChI=1S/C16H17N3O5/c1-2-24-16(13(20)21,14(22)23)7-10-3-5-11(6-4-10)12-8-18-15(17)19-9-12/h3-6,8-9H,2,7H2,1H3,(H,20,21)(H,22,23)(H2,17,18,19). The van der Waals surface area contributed by atoms with Crippen LogP contribution in [0.4, 0.5) is 5.95 Å². The molecule has 4 N–H and O–H groups in total. The predicted octanol–water partition coefficient (Wildman–Crippen LogP) is 1.21. The van der Waals surface area contributed by atoms with E-state index in [4.69, 9.17) is 10.5 Å². The van der Waals surface area contributed by atoms with Crippen LogP contribution in [0.25, 0.3) is 11.1 Å². The Morgan fingerprint density at radius 1 is 1.08 bits per heavy atom. The van der Waals surface area contributed by atoms with E-state index < -0.39 is 17.5 Å². The molecule has 0 spiro atoms. The van der Waals surface area contributed by atoms with Gasteiger partial charge in [-0.1, -0.05) is 24.3 Å². The van der Waals surface area contributed by atoms with Gasteiger partial charge in [-0.25, -0.2) is 19.6 Å². The van der Waals surface area contributed by atoms with Gasteiger partial charge in [-0.2, -0.15) is 0 Å². The van der Waals surface area contributed by atoms with Gasteiger partial charge in [0.2, 0.25) is 5.95 Å². The molecule has 0 atom stereocenters. The van der Waals surface area contributed by atoms with Crippen molar-refractivity contribution in [1.29, 1.82) is 0 Å². The lowest BCUT2D eigenvalue weighted by molar-refractivity contribution is -0.182. The van der Waals surface area contributed by atoms with Gasteiger partial charge in [-0.3, -0.25) is 0 Å². The van der Waals surface area contributed by atoms with Gasteiger partial charge in [0, 0.05) is 31.0 Å². The summed E-state index contributed by atoms with van der Waals surface area (Å²) in [6, 6.07) is 6.74. The Morgan fingerprint density at radius 2 is 1.62 bits per heavy atom. The quantitative estimate of drug-likeness (QED) is 0.644. The number of carboxylic acids is 2. The topological polar surface area (TPSA) is 136 Å². The molecule has 2 rings (SSSR count). The Morgan fingerprint density at radius 3 is 2.08 bits per heavy atom. The Bertz CT molecular complexity index is 714. The van der Waals surface area contributed by atoms with Crippen molar-refractivity contribution in [3.05, 3.63) is 42.2 Å². The molecule has 0 bridgehead atoms. The third-order valence-electron chi connectivity index (χ3n) is 3.49. The van der Waals surface area contributed by atoms with E-state index in [0.29, 0.717) is 5.56 Å². The number of anilines is 1. The van der Waals surface area contributed by atoms with Gasteiger partial charge in [0.15, 0.2) is 0 Å². The van der Waals surface area contributed by atoms with Crippen LogP contribution in [0.2, 0.25) is 0 Å². The first-order valence-corrected chi connectivity index (χ1v) is 7.16. The first-order chi connectivity index (χ1) is 11.4. The van der Waals surface area contributed by atoms with E-state index in [1.54, 1.807) is 43.6 Å². The van der Waals surface area contributed by atoms with E-state index in [0.717, 1.165) is 11.1 Å². The average molecular weight is 331 g/mol. The molecule has 0 aliphatic carbocycles. The second-order valence-corrected chi connectivity index (χ2v) is 5.07. The van der Waals surface area contributed by atoms with Crippen molar-refractivity contribution < 1.29 is 24.5 Å². The molecule has 0 aliphatic heterocycles. The summed E-state index contributed by atoms with van der Waals surface area (Å²) in [6.45, 7) is 1.52. The van der Waals surface area contributed by atoms with Crippen LogP contribution in [-0.4, -0.2) is 44.3 Å². The number of aliphatic carboxylic acids is 2. The SMILES string of the molecule is CCOC(Cc1ccc(-c2cnc(N)nc2)cc1)(C(=O)O)C(=O)O. The maximum absolute atomic E-state index is 11.4. The Hall–Kier alpha value is -3.00. The number of carboxylic acid groups (broad SMARTS) is 2. The first kappa shape index (κ1) is 17.4. The highest BCUT2D eigenvalue weighted by molar-refractivity contribution is 6.02. The highest BCUT2D eigenvalue weighted by Crippen LogP contribution is 2.23. The average Bonchev–Trinajstić information content (AvgIpc) is 2.55. The molecule has 0 radical (unpaired) electrons. The van der Waals surface area contributed by atoms with E-state index in [9.17, 15) is 19.8 Å². The molecule has 8 heteroatoms. The number of aromatic nitrogens is 2. The van der Waals surface area contributed by atoms with E-state index in [-0.39, 0.29) is 19.0 Å². The highest BCUT2D eigenvalue weighted by atomic mass is 16.5. The molecule has 24 heavy (non-hydrogen) atoms. The zero-order chi connectivity index (χ0) is 17.7. The molecule has 2 aromatic rings. The van der Waals surface area contributed by atoms with Crippen molar-refractivity contribution in [2.45, 2.75) is 18.9 Å². The summed E-state index contributed by atoms with van der Waals surface area (Å²) in [5, 5.41) is 18.6. The Balaban J connectivity index is 2.27. The van der Waals surface area contributed by atoms with Crippen LogP contribution >= 0.6 is 0 Å². The van der Waals surface area contributed by atoms with Crippen LogP contribution in [0.5, 0.6) is 0 Å². The summed E-state index contributed by atoms with van der Waals surface area (Å²) in [5.74, 6) is -2.90.